The number of rotatable bonds is 2. The van der Waals surface area contributed by atoms with Crippen LogP contribution in [0.3, 0.4) is 0 Å². The fraction of sp³-hybridized carbons (Fsp3) is 0.552. The minimum atomic E-state index is 0.320. The minimum absolute atomic E-state index is 0.320. The molecule has 0 aliphatic heterocycles. The van der Waals surface area contributed by atoms with E-state index in [0.29, 0.717) is 16.9 Å². The Bertz CT molecular complexity index is 1080. The number of hydrogen-bond donors (Lipinski definition) is 1. The fourth-order valence-electron chi connectivity index (χ4n) is 8.17. The molecule has 6 atom stereocenters. The van der Waals surface area contributed by atoms with Gasteiger partial charge in [0.05, 0.1) is 0 Å². The van der Waals surface area contributed by atoms with Gasteiger partial charge in [-0.2, -0.15) is 0 Å². The van der Waals surface area contributed by atoms with Crippen LogP contribution in [0.4, 0.5) is 0 Å². The highest BCUT2D eigenvalue weighted by molar-refractivity contribution is 5.86. The highest BCUT2D eigenvalue weighted by Gasteiger charge is 2.56. The molecule has 4 aliphatic rings. The predicted molar refractivity (Wildman–Crippen MR) is 130 cm³/mol. The van der Waals surface area contributed by atoms with E-state index in [1.807, 2.05) is 12.4 Å². The molecule has 2 heteroatoms. The molecule has 2 saturated carbocycles. The third-order valence-corrected chi connectivity index (χ3v) is 10.0. The molecule has 0 radical (unpaired) electrons. The minimum Gasteiger partial charge on any atom is -0.317 e. The summed E-state index contributed by atoms with van der Waals surface area (Å²) in [6.07, 6.45) is 18.5. The molecule has 6 rings (SSSR count). The third kappa shape index (κ3) is 2.83. The van der Waals surface area contributed by atoms with E-state index < -0.39 is 0 Å². The van der Waals surface area contributed by atoms with Gasteiger partial charge in [-0.15, -0.1) is 0 Å². The fourth-order valence-corrected chi connectivity index (χ4v) is 8.17. The quantitative estimate of drug-likeness (QED) is 0.550. The zero-order valence-corrected chi connectivity index (χ0v) is 19.3. The van der Waals surface area contributed by atoms with Crippen molar-refractivity contribution in [2.24, 2.45) is 28.6 Å². The van der Waals surface area contributed by atoms with Crippen LogP contribution in [0, 0.1) is 28.6 Å². The Morgan fingerprint density at radius 1 is 0.935 bits per heavy atom. The number of pyridine rings is 1. The molecular weight excluding hydrogens is 376 g/mol. The maximum Gasteiger partial charge on any atom is 0.0346 e. The molecule has 1 aromatic carbocycles. The SMILES string of the molecule is CN[C@@H]1CC[C@@]2(C)C(=CC[C@@H]3[C@@H]2CC[C@]2(C)C(c4ccc5ccncc5c4)=CC[C@@H]32)C1. The average Bonchev–Trinajstić information content (AvgIpc) is 3.15. The molecule has 1 aromatic heterocycles. The van der Waals surface area contributed by atoms with Gasteiger partial charge in [0, 0.05) is 23.8 Å². The molecule has 1 heterocycles. The second-order valence-corrected chi connectivity index (χ2v) is 11.2. The highest BCUT2D eigenvalue weighted by atomic mass is 14.9. The van der Waals surface area contributed by atoms with Crippen molar-refractivity contribution >= 4 is 16.3 Å². The van der Waals surface area contributed by atoms with E-state index in [-0.39, 0.29) is 0 Å². The second-order valence-electron chi connectivity index (χ2n) is 11.2. The molecule has 1 N–H and O–H groups in total. The zero-order valence-electron chi connectivity index (χ0n) is 19.3. The molecule has 2 aromatic rings. The summed E-state index contributed by atoms with van der Waals surface area (Å²) in [6.45, 7) is 5.20. The Hall–Kier alpha value is -1.93. The lowest BCUT2D eigenvalue weighted by Crippen LogP contribution is -2.50. The van der Waals surface area contributed by atoms with Crippen LogP contribution in [-0.2, 0) is 0 Å². The van der Waals surface area contributed by atoms with Crippen LogP contribution in [0.25, 0.3) is 16.3 Å². The van der Waals surface area contributed by atoms with Gasteiger partial charge in [-0.25, -0.2) is 0 Å². The van der Waals surface area contributed by atoms with E-state index in [1.54, 1.807) is 11.1 Å². The number of nitrogens with zero attached hydrogens (tertiary/aromatic N) is 1. The zero-order chi connectivity index (χ0) is 21.2. The summed E-state index contributed by atoms with van der Waals surface area (Å²) in [5, 5.41) is 6.11. The van der Waals surface area contributed by atoms with Crippen LogP contribution in [0.2, 0.25) is 0 Å². The summed E-state index contributed by atoms with van der Waals surface area (Å²) in [6, 6.07) is 9.83. The summed E-state index contributed by atoms with van der Waals surface area (Å²) in [5.41, 5.74) is 5.57. The van der Waals surface area contributed by atoms with Crippen molar-refractivity contribution in [1.29, 1.82) is 0 Å². The van der Waals surface area contributed by atoms with Crippen LogP contribution in [0.15, 0.2) is 54.4 Å². The Morgan fingerprint density at radius 3 is 2.68 bits per heavy atom. The lowest BCUT2D eigenvalue weighted by atomic mass is 9.47. The first kappa shape index (κ1) is 19.7. The van der Waals surface area contributed by atoms with Gasteiger partial charge in [-0.3, -0.25) is 4.98 Å². The largest absolute Gasteiger partial charge is 0.317 e. The molecule has 0 saturated heterocycles. The summed E-state index contributed by atoms with van der Waals surface area (Å²) >= 11 is 0. The predicted octanol–water partition coefficient (Wildman–Crippen LogP) is 6.78. The van der Waals surface area contributed by atoms with Crippen LogP contribution in [0.1, 0.15) is 64.4 Å². The van der Waals surface area contributed by atoms with E-state index in [2.05, 4.69) is 67.6 Å². The van der Waals surface area contributed by atoms with Crippen molar-refractivity contribution < 1.29 is 0 Å². The number of aromatic nitrogens is 1. The number of benzene rings is 1. The molecule has 162 valence electrons. The van der Waals surface area contributed by atoms with Crippen LogP contribution >= 0.6 is 0 Å². The van der Waals surface area contributed by atoms with Gasteiger partial charge in [0.2, 0.25) is 0 Å². The van der Waals surface area contributed by atoms with E-state index in [1.165, 1.54) is 61.3 Å². The molecule has 4 aliphatic carbocycles. The second kappa shape index (κ2) is 7.04. The maximum atomic E-state index is 4.36. The molecule has 0 unspecified atom stereocenters. The smallest absolute Gasteiger partial charge is 0.0346 e. The van der Waals surface area contributed by atoms with Crippen molar-refractivity contribution in [3.8, 4) is 0 Å². The number of allylic oxidation sites excluding steroid dienone is 3. The third-order valence-electron chi connectivity index (χ3n) is 10.0. The number of nitrogens with one attached hydrogen (secondary N) is 1. The van der Waals surface area contributed by atoms with Crippen LogP contribution < -0.4 is 5.32 Å². The van der Waals surface area contributed by atoms with E-state index in [0.717, 1.165) is 17.8 Å². The average molecular weight is 413 g/mol. The Labute approximate surface area is 187 Å². The van der Waals surface area contributed by atoms with Crippen molar-refractivity contribution in [2.45, 2.75) is 64.8 Å². The molecule has 31 heavy (non-hydrogen) atoms. The molecule has 0 spiro atoms. The standard InChI is InChI=1S/C29H36N2/c1-28-13-10-23(30-3)17-22(28)6-7-24-26-9-8-25(29(26,2)14-11-27(24)28)20-5-4-19-12-15-31-18-21(19)16-20/h4-6,8,12,15-16,18,23-24,26-27,30H,7,9-11,13-14,17H2,1-3H3/t23-,24+,26+,27+,28+,29-/m1/s1. The van der Waals surface area contributed by atoms with Gasteiger partial charge in [0.1, 0.15) is 0 Å². The Balaban J connectivity index is 1.32. The molecular formula is C29H36N2. The topological polar surface area (TPSA) is 24.9 Å². The van der Waals surface area contributed by atoms with E-state index in [4.69, 9.17) is 0 Å². The first-order chi connectivity index (χ1) is 15.0. The molecule has 0 bridgehead atoms. The highest BCUT2D eigenvalue weighted by Crippen LogP contribution is 2.66. The van der Waals surface area contributed by atoms with E-state index in [9.17, 15) is 0 Å². The van der Waals surface area contributed by atoms with Gasteiger partial charge in [0.15, 0.2) is 0 Å². The molecule has 2 nitrogen and oxygen atoms in total. The van der Waals surface area contributed by atoms with Gasteiger partial charge >= 0.3 is 0 Å². The summed E-state index contributed by atoms with van der Waals surface area (Å²) in [7, 11) is 2.14. The normalized spacial score (nSPS) is 39.3. The van der Waals surface area contributed by atoms with Crippen molar-refractivity contribution in [3.63, 3.8) is 0 Å². The van der Waals surface area contributed by atoms with E-state index >= 15 is 0 Å². The maximum absolute atomic E-state index is 4.36. The Morgan fingerprint density at radius 2 is 1.81 bits per heavy atom. The van der Waals surface area contributed by atoms with Crippen molar-refractivity contribution in [1.82, 2.24) is 10.3 Å². The van der Waals surface area contributed by atoms with Gasteiger partial charge in [0.25, 0.3) is 0 Å². The summed E-state index contributed by atoms with van der Waals surface area (Å²) in [5.74, 6) is 2.51. The summed E-state index contributed by atoms with van der Waals surface area (Å²) in [4.78, 5) is 4.36. The number of fused-ring (bicyclic) bond motifs is 6. The van der Waals surface area contributed by atoms with Crippen molar-refractivity contribution in [3.05, 3.63) is 59.9 Å². The first-order valence-electron chi connectivity index (χ1n) is 12.4. The van der Waals surface area contributed by atoms with Gasteiger partial charge in [-0.05, 0) is 109 Å². The van der Waals surface area contributed by atoms with Crippen LogP contribution in [0.5, 0.6) is 0 Å². The molecule has 0 amide bonds. The monoisotopic (exact) mass is 412 g/mol. The van der Waals surface area contributed by atoms with Crippen LogP contribution in [-0.4, -0.2) is 18.1 Å². The van der Waals surface area contributed by atoms with Crippen molar-refractivity contribution in [2.75, 3.05) is 7.05 Å². The Kier molecular flexibility index (Phi) is 4.48. The van der Waals surface area contributed by atoms with Gasteiger partial charge in [-0.1, -0.05) is 43.7 Å². The lowest BCUT2D eigenvalue weighted by molar-refractivity contribution is -0.0122. The summed E-state index contributed by atoms with van der Waals surface area (Å²) < 4.78 is 0. The first-order valence-corrected chi connectivity index (χ1v) is 12.4. The van der Waals surface area contributed by atoms with Gasteiger partial charge < -0.3 is 5.32 Å². The lowest BCUT2D eigenvalue weighted by Gasteiger charge is -2.58. The molecule has 2 fully saturated rings. The number of hydrogen-bond acceptors (Lipinski definition) is 2.